The number of aliphatic carboxylic acids is 1. The van der Waals surface area contributed by atoms with Gasteiger partial charge in [-0.2, -0.15) is 0 Å². The summed E-state index contributed by atoms with van der Waals surface area (Å²) in [6.45, 7) is 2.09. The maximum atomic E-state index is 10.6. The van der Waals surface area contributed by atoms with Crippen LogP contribution in [0.5, 0.6) is 0 Å². The van der Waals surface area contributed by atoms with Gasteiger partial charge in [0.1, 0.15) is 0 Å². The van der Waals surface area contributed by atoms with E-state index in [2.05, 4.69) is 19.1 Å². The highest BCUT2D eigenvalue weighted by Crippen LogP contribution is 2.35. The van der Waals surface area contributed by atoms with E-state index in [0.29, 0.717) is 6.42 Å². The van der Waals surface area contributed by atoms with Crippen LogP contribution in [0.4, 0.5) is 0 Å². The van der Waals surface area contributed by atoms with E-state index in [-0.39, 0.29) is 6.42 Å². The van der Waals surface area contributed by atoms with Crippen molar-refractivity contribution >= 4 is 11.5 Å². The smallest absolute Gasteiger partial charge is 0.303 e. The second-order valence-corrected chi connectivity index (χ2v) is 3.99. The van der Waals surface area contributed by atoms with Gasteiger partial charge in [-0.15, -0.1) is 0 Å². The second-order valence-electron chi connectivity index (χ2n) is 3.99. The van der Waals surface area contributed by atoms with Gasteiger partial charge in [0.25, 0.3) is 0 Å². The summed E-state index contributed by atoms with van der Waals surface area (Å²) in [5, 5.41) is 8.69. The van der Waals surface area contributed by atoms with E-state index in [1.165, 1.54) is 22.3 Å². The molecule has 1 aromatic rings. The van der Waals surface area contributed by atoms with Gasteiger partial charge in [0.2, 0.25) is 0 Å². The predicted molar refractivity (Wildman–Crippen MR) is 59.6 cm³/mol. The van der Waals surface area contributed by atoms with Crippen LogP contribution >= 0.6 is 0 Å². The summed E-state index contributed by atoms with van der Waals surface area (Å²) < 4.78 is 0. The van der Waals surface area contributed by atoms with Gasteiger partial charge in [-0.1, -0.05) is 29.8 Å². The molecule has 0 spiro atoms. The third-order valence-electron chi connectivity index (χ3n) is 2.90. The Morgan fingerprint density at radius 1 is 1.40 bits per heavy atom. The minimum atomic E-state index is -0.723. The maximum Gasteiger partial charge on any atom is 0.303 e. The van der Waals surface area contributed by atoms with E-state index in [0.717, 1.165) is 6.42 Å². The monoisotopic (exact) mass is 202 g/mol. The molecule has 0 unspecified atom stereocenters. The number of fused-ring (bicyclic) bond motifs is 1. The minimum Gasteiger partial charge on any atom is -0.481 e. The fraction of sp³-hybridized carbons (Fsp3) is 0.308. The summed E-state index contributed by atoms with van der Waals surface area (Å²) >= 11 is 0. The van der Waals surface area contributed by atoms with Crippen LogP contribution < -0.4 is 0 Å². The van der Waals surface area contributed by atoms with Crippen molar-refractivity contribution in [3.05, 3.63) is 41.0 Å². The maximum absolute atomic E-state index is 10.6. The topological polar surface area (TPSA) is 37.3 Å². The van der Waals surface area contributed by atoms with Crippen molar-refractivity contribution in [2.45, 2.75) is 26.2 Å². The zero-order valence-corrected chi connectivity index (χ0v) is 8.79. The lowest BCUT2D eigenvalue weighted by Crippen LogP contribution is -1.95. The first-order valence-corrected chi connectivity index (χ1v) is 5.17. The lowest BCUT2D eigenvalue weighted by Gasteiger charge is -2.04. The van der Waals surface area contributed by atoms with Crippen LogP contribution in [-0.2, 0) is 11.2 Å². The van der Waals surface area contributed by atoms with Crippen molar-refractivity contribution in [1.82, 2.24) is 0 Å². The fourth-order valence-electron chi connectivity index (χ4n) is 2.17. The lowest BCUT2D eigenvalue weighted by molar-refractivity contribution is -0.136. The molecule has 0 atom stereocenters. The minimum absolute atomic E-state index is 0.223. The summed E-state index contributed by atoms with van der Waals surface area (Å²) in [7, 11) is 0. The van der Waals surface area contributed by atoms with Gasteiger partial charge in [-0.3, -0.25) is 4.79 Å². The lowest BCUT2D eigenvalue weighted by atomic mass is 10.0. The molecule has 0 fully saturated rings. The SMILES string of the molecule is CC1=C(CCC(=O)O)c2ccccc2C1. The molecule has 0 saturated heterocycles. The normalized spacial score (nSPS) is 14.2. The third-order valence-corrected chi connectivity index (χ3v) is 2.90. The molecule has 15 heavy (non-hydrogen) atoms. The summed E-state index contributed by atoms with van der Waals surface area (Å²) in [6.07, 6.45) is 1.85. The third kappa shape index (κ3) is 1.94. The van der Waals surface area contributed by atoms with E-state index in [1.807, 2.05) is 12.1 Å². The number of carboxylic acid groups (broad SMARTS) is 1. The van der Waals surface area contributed by atoms with E-state index < -0.39 is 5.97 Å². The molecule has 2 rings (SSSR count). The Morgan fingerprint density at radius 2 is 2.13 bits per heavy atom. The highest BCUT2D eigenvalue weighted by molar-refractivity contribution is 5.78. The Labute approximate surface area is 89.2 Å². The zero-order chi connectivity index (χ0) is 10.8. The standard InChI is InChI=1S/C13H14O2/c1-9-8-10-4-2-3-5-12(10)11(9)6-7-13(14)15/h2-5H,6-8H2,1H3,(H,14,15). The number of hydrogen-bond acceptors (Lipinski definition) is 1. The molecule has 0 bridgehead atoms. The zero-order valence-electron chi connectivity index (χ0n) is 8.79. The molecule has 0 saturated carbocycles. The van der Waals surface area contributed by atoms with Gasteiger partial charge in [0.15, 0.2) is 0 Å². The number of hydrogen-bond donors (Lipinski definition) is 1. The van der Waals surface area contributed by atoms with Crippen LogP contribution in [0.3, 0.4) is 0 Å². The molecule has 0 radical (unpaired) electrons. The summed E-state index contributed by atoms with van der Waals surface area (Å²) in [6, 6.07) is 8.25. The van der Waals surface area contributed by atoms with Crippen molar-refractivity contribution < 1.29 is 9.90 Å². The fourth-order valence-corrected chi connectivity index (χ4v) is 2.17. The van der Waals surface area contributed by atoms with Gasteiger partial charge in [-0.05, 0) is 36.5 Å². The highest BCUT2D eigenvalue weighted by atomic mass is 16.4. The van der Waals surface area contributed by atoms with Crippen LogP contribution in [0.2, 0.25) is 0 Å². The largest absolute Gasteiger partial charge is 0.481 e. The van der Waals surface area contributed by atoms with Crippen LogP contribution in [0.25, 0.3) is 5.57 Å². The quantitative estimate of drug-likeness (QED) is 0.818. The Morgan fingerprint density at radius 3 is 2.87 bits per heavy atom. The van der Waals surface area contributed by atoms with Crippen LogP contribution in [-0.4, -0.2) is 11.1 Å². The molecule has 2 nitrogen and oxygen atoms in total. The average Bonchev–Trinajstić information content (AvgIpc) is 2.50. The van der Waals surface area contributed by atoms with Gasteiger partial charge in [0, 0.05) is 6.42 Å². The van der Waals surface area contributed by atoms with Crippen LogP contribution in [0.1, 0.15) is 30.9 Å². The van der Waals surface area contributed by atoms with E-state index >= 15 is 0 Å². The number of allylic oxidation sites excluding steroid dienone is 2. The molecular weight excluding hydrogens is 188 g/mol. The second kappa shape index (κ2) is 3.89. The van der Waals surface area contributed by atoms with Crippen molar-refractivity contribution in [2.75, 3.05) is 0 Å². The van der Waals surface area contributed by atoms with Crippen molar-refractivity contribution in [2.24, 2.45) is 0 Å². The summed E-state index contributed by atoms with van der Waals surface area (Å²) in [5.74, 6) is -0.723. The highest BCUT2D eigenvalue weighted by Gasteiger charge is 2.18. The van der Waals surface area contributed by atoms with Crippen molar-refractivity contribution in [3.8, 4) is 0 Å². The first-order valence-electron chi connectivity index (χ1n) is 5.17. The summed E-state index contributed by atoms with van der Waals surface area (Å²) in [4.78, 5) is 10.6. The molecule has 0 aliphatic heterocycles. The predicted octanol–water partition coefficient (Wildman–Crippen LogP) is 2.88. The van der Waals surface area contributed by atoms with E-state index in [4.69, 9.17) is 5.11 Å². The van der Waals surface area contributed by atoms with E-state index in [9.17, 15) is 4.79 Å². The molecule has 1 aliphatic carbocycles. The molecule has 1 aromatic carbocycles. The number of carbonyl (C=O) groups is 1. The molecule has 0 aromatic heterocycles. The Balaban J connectivity index is 2.24. The van der Waals surface area contributed by atoms with Crippen LogP contribution in [0.15, 0.2) is 29.8 Å². The number of benzene rings is 1. The van der Waals surface area contributed by atoms with Crippen LogP contribution in [0, 0.1) is 0 Å². The molecule has 2 heteroatoms. The first-order chi connectivity index (χ1) is 7.18. The summed E-state index contributed by atoms with van der Waals surface area (Å²) in [5.41, 5.74) is 5.12. The molecular formula is C13H14O2. The van der Waals surface area contributed by atoms with Gasteiger partial charge in [0.05, 0.1) is 0 Å². The Hall–Kier alpha value is -1.57. The number of carboxylic acids is 1. The Bertz CT molecular complexity index is 430. The van der Waals surface area contributed by atoms with Gasteiger partial charge < -0.3 is 5.11 Å². The first kappa shape index (κ1) is 9.97. The molecule has 0 amide bonds. The molecule has 1 aliphatic rings. The van der Waals surface area contributed by atoms with Gasteiger partial charge >= 0.3 is 5.97 Å². The molecule has 78 valence electrons. The van der Waals surface area contributed by atoms with Gasteiger partial charge in [-0.25, -0.2) is 0 Å². The average molecular weight is 202 g/mol. The van der Waals surface area contributed by atoms with E-state index in [1.54, 1.807) is 0 Å². The molecule has 1 N–H and O–H groups in total. The van der Waals surface area contributed by atoms with Crippen molar-refractivity contribution in [3.63, 3.8) is 0 Å². The van der Waals surface area contributed by atoms with Crippen molar-refractivity contribution in [1.29, 1.82) is 0 Å². The molecule has 0 heterocycles. The number of rotatable bonds is 3. The Kier molecular flexibility index (Phi) is 2.58.